The number of nitrogens with two attached hydrogens (primary N) is 1. The molecule has 0 aliphatic carbocycles. The summed E-state index contributed by atoms with van der Waals surface area (Å²) in [5, 5.41) is 2.10. The van der Waals surface area contributed by atoms with Crippen LogP contribution in [0.25, 0.3) is 0 Å². The highest BCUT2D eigenvalue weighted by Crippen LogP contribution is 2.17. The molecule has 4 heteroatoms. The summed E-state index contributed by atoms with van der Waals surface area (Å²) in [5.74, 6) is 5.96. The molecule has 3 nitrogen and oxygen atoms in total. The van der Waals surface area contributed by atoms with E-state index < -0.39 is 0 Å². The van der Waals surface area contributed by atoms with Crippen molar-refractivity contribution >= 4 is 11.3 Å². The van der Waals surface area contributed by atoms with Crippen molar-refractivity contribution in [1.82, 2.24) is 9.88 Å². The second-order valence-electron chi connectivity index (χ2n) is 4.47. The average Bonchev–Trinajstić information content (AvgIpc) is 2.93. The van der Waals surface area contributed by atoms with Crippen LogP contribution in [0.15, 0.2) is 36.0 Å². The molecule has 0 saturated carbocycles. The fourth-order valence-electron chi connectivity index (χ4n) is 1.93. The van der Waals surface area contributed by atoms with Crippen LogP contribution in [0.3, 0.4) is 0 Å². The normalized spacial score (nSPS) is 10.3. The van der Waals surface area contributed by atoms with Crippen molar-refractivity contribution in [3.63, 3.8) is 0 Å². The van der Waals surface area contributed by atoms with Crippen LogP contribution in [0.2, 0.25) is 0 Å². The Bertz CT molecular complexity index is 581. The molecule has 0 aromatic carbocycles. The van der Waals surface area contributed by atoms with Gasteiger partial charge in [0.15, 0.2) is 0 Å². The molecule has 2 rings (SSSR count). The van der Waals surface area contributed by atoms with E-state index in [9.17, 15) is 0 Å². The molecule has 0 fully saturated rings. The molecule has 0 amide bonds. The Morgan fingerprint density at radius 3 is 2.80 bits per heavy atom. The number of pyridine rings is 1. The highest BCUT2D eigenvalue weighted by Gasteiger charge is 2.06. The number of nitrogens with zero attached hydrogens (tertiary/aromatic N) is 2. The van der Waals surface area contributed by atoms with Gasteiger partial charge in [0, 0.05) is 41.3 Å². The summed E-state index contributed by atoms with van der Waals surface area (Å²) < 4.78 is 0. The van der Waals surface area contributed by atoms with E-state index in [1.807, 2.05) is 12.4 Å². The third kappa shape index (κ3) is 4.46. The zero-order valence-corrected chi connectivity index (χ0v) is 12.5. The van der Waals surface area contributed by atoms with Crippen molar-refractivity contribution in [3.8, 4) is 11.8 Å². The molecular weight excluding hydrogens is 266 g/mol. The van der Waals surface area contributed by atoms with Crippen molar-refractivity contribution in [2.75, 3.05) is 13.1 Å². The molecular formula is C16H19N3S. The fourth-order valence-corrected chi connectivity index (χ4v) is 2.79. The summed E-state index contributed by atoms with van der Waals surface area (Å²) in [6.07, 6.45) is 3.68. The van der Waals surface area contributed by atoms with E-state index in [2.05, 4.69) is 52.2 Å². The molecule has 20 heavy (non-hydrogen) atoms. The first-order chi connectivity index (χ1) is 9.81. The molecule has 0 saturated heterocycles. The minimum atomic E-state index is 0.411. The Morgan fingerprint density at radius 2 is 2.10 bits per heavy atom. The van der Waals surface area contributed by atoms with Gasteiger partial charge >= 0.3 is 0 Å². The van der Waals surface area contributed by atoms with Crippen LogP contribution in [-0.4, -0.2) is 23.0 Å². The largest absolute Gasteiger partial charge is 0.320 e. The van der Waals surface area contributed by atoms with E-state index in [0.717, 1.165) is 25.2 Å². The molecule has 104 valence electrons. The Hall–Kier alpha value is -1.67. The second-order valence-corrected chi connectivity index (χ2v) is 5.46. The van der Waals surface area contributed by atoms with Crippen molar-refractivity contribution in [2.45, 2.75) is 20.0 Å². The van der Waals surface area contributed by atoms with Crippen LogP contribution in [-0.2, 0) is 13.1 Å². The Kier molecular flexibility index (Phi) is 5.75. The Morgan fingerprint density at radius 1 is 1.30 bits per heavy atom. The molecule has 0 radical (unpaired) electrons. The molecule has 2 aromatic heterocycles. The van der Waals surface area contributed by atoms with Crippen LogP contribution in [0, 0.1) is 11.8 Å². The summed E-state index contributed by atoms with van der Waals surface area (Å²) in [6.45, 7) is 5.51. The highest BCUT2D eigenvalue weighted by atomic mass is 32.1. The molecule has 0 aliphatic heterocycles. The van der Waals surface area contributed by atoms with Gasteiger partial charge in [-0.1, -0.05) is 18.8 Å². The molecule has 0 atom stereocenters. The molecule has 2 N–H and O–H groups in total. The molecule has 0 bridgehead atoms. The number of hydrogen-bond acceptors (Lipinski definition) is 4. The first-order valence-electron chi connectivity index (χ1n) is 6.69. The molecule has 0 aliphatic rings. The standard InChI is InChI=1S/C16H19N3S/c1-2-19(11-14-5-8-18-9-6-14)12-16-10-15(13-20-16)4-3-7-17/h5-6,8-10,13H,2,7,11-12,17H2,1H3. The number of aromatic nitrogens is 1. The van der Waals surface area contributed by atoms with E-state index in [-0.39, 0.29) is 0 Å². The summed E-state index contributed by atoms with van der Waals surface area (Å²) in [4.78, 5) is 7.79. The van der Waals surface area contributed by atoms with Gasteiger partial charge in [-0.25, -0.2) is 0 Å². The van der Waals surface area contributed by atoms with Crippen molar-refractivity contribution in [2.24, 2.45) is 5.73 Å². The van der Waals surface area contributed by atoms with Gasteiger partial charge in [0.2, 0.25) is 0 Å². The Labute approximate surface area is 124 Å². The van der Waals surface area contributed by atoms with Crippen molar-refractivity contribution in [3.05, 3.63) is 52.0 Å². The summed E-state index contributed by atoms with van der Waals surface area (Å²) >= 11 is 1.76. The van der Waals surface area contributed by atoms with Gasteiger partial charge in [0.05, 0.1) is 6.54 Å². The van der Waals surface area contributed by atoms with Crippen LogP contribution in [0.5, 0.6) is 0 Å². The van der Waals surface area contributed by atoms with Crippen LogP contribution >= 0.6 is 11.3 Å². The van der Waals surface area contributed by atoms with E-state index in [4.69, 9.17) is 5.73 Å². The topological polar surface area (TPSA) is 42.2 Å². The zero-order valence-electron chi connectivity index (χ0n) is 11.7. The molecule has 0 spiro atoms. The minimum absolute atomic E-state index is 0.411. The third-order valence-electron chi connectivity index (χ3n) is 2.97. The van der Waals surface area contributed by atoms with Crippen molar-refractivity contribution < 1.29 is 0 Å². The van der Waals surface area contributed by atoms with Crippen LogP contribution in [0.4, 0.5) is 0 Å². The monoisotopic (exact) mass is 285 g/mol. The van der Waals surface area contributed by atoms with Gasteiger partial charge < -0.3 is 5.73 Å². The third-order valence-corrected chi connectivity index (χ3v) is 3.89. The smallest absolute Gasteiger partial charge is 0.0555 e. The maximum absolute atomic E-state index is 5.39. The van der Waals surface area contributed by atoms with E-state index in [0.29, 0.717) is 6.54 Å². The summed E-state index contributed by atoms with van der Waals surface area (Å²) in [6, 6.07) is 6.28. The van der Waals surface area contributed by atoms with Gasteiger partial charge in [-0.2, -0.15) is 0 Å². The lowest BCUT2D eigenvalue weighted by Gasteiger charge is -2.19. The number of thiophene rings is 1. The highest BCUT2D eigenvalue weighted by molar-refractivity contribution is 7.10. The van der Waals surface area contributed by atoms with Gasteiger partial charge in [-0.15, -0.1) is 11.3 Å². The van der Waals surface area contributed by atoms with E-state index >= 15 is 0 Å². The lowest BCUT2D eigenvalue weighted by atomic mass is 10.2. The van der Waals surface area contributed by atoms with Gasteiger partial charge in [0.25, 0.3) is 0 Å². The summed E-state index contributed by atoms with van der Waals surface area (Å²) in [5.41, 5.74) is 7.75. The number of rotatable bonds is 5. The van der Waals surface area contributed by atoms with E-state index in [1.165, 1.54) is 10.4 Å². The number of hydrogen-bond donors (Lipinski definition) is 1. The fraction of sp³-hybridized carbons (Fsp3) is 0.312. The van der Waals surface area contributed by atoms with Gasteiger partial charge in [0.1, 0.15) is 0 Å². The van der Waals surface area contributed by atoms with Gasteiger partial charge in [-0.3, -0.25) is 9.88 Å². The second kappa shape index (κ2) is 7.81. The molecule has 0 unspecified atom stereocenters. The summed E-state index contributed by atoms with van der Waals surface area (Å²) in [7, 11) is 0. The lowest BCUT2D eigenvalue weighted by molar-refractivity contribution is 0.274. The predicted molar refractivity (Wildman–Crippen MR) is 84.3 cm³/mol. The molecule has 2 aromatic rings. The maximum Gasteiger partial charge on any atom is 0.0555 e. The first-order valence-corrected chi connectivity index (χ1v) is 7.57. The minimum Gasteiger partial charge on any atom is -0.320 e. The zero-order chi connectivity index (χ0) is 14.2. The molecule has 2 heterocycles. The Balaban J connectivity index is 1.97. The van der Waals surface area contributed by atoms with E-state index in [1.54, 1.807) is 11.3 Å². The first kappa shape index (κ1) is 14.7. The predicted octanol–water partition coefficient (Wildman–Crippen LogP) is 2.48. The quantitative estimate of drug-likeness (QED) is 0.858. The van der Waals surface area contributed by atoms with Crippen LogP contribution < -0.4 is 5.73 Å². The SMILES string of the molecule is CCN(Cc1ccncc1)Cc1cc(C#CCN)cs1. The van der Waals surface area contributed by atoms with Crippen molar-refractivity contribution in [1.29, 1.82) is 0 Å². The van der Waals surface area contributed by atoms with Gasteiger partial charge in [-0.05, 0) is 30.3 Å². The maximum atomic E-state index is 5.39. The lowest BCUT2D eigenvalue weighted by Crippen LogP contribution is -2.21. The van der Waals surface area contributed by atoms with Crippen LogP contribution in [0.1, 0.15) is 22.9 Å². The average molecular weight is 285 g/mol.